The van der Waals surface area contributed by atoms with Gasteiger partial charge in [0.2, 0.25) is 5.91 Å². The molecule has 0 radical (unpaired) electrons. The molecule has 1 amide bonds. The summed E-state index contributed by atoms with van der Waals surface area (Å²) in [5.41, 5.74) is 10.7. The second-order valence-corrected chi connectivity index (χ2v) is 4.84. The van der Waals surface area contributed by atoms with Crippen LogP contribution in [0.4, 0.5) is 15.8 Å². The highest BCUT2D eigenvalue weighted by atomic mass is 19.1. The smallest absolute Gasteiger partial charge is 0.242 e. The van der Waals surface area contributed by atoms with Crippen molar-refractivity contribution >= 4 is 28.2 Å². The predicted molar refractivity (Wildman–Crippen MR) is 73.0 cm³/mol. The van der Waals surface area contributed by atoms with Crippen LogP contribution in [0, 0.1) is 5.82 Å². The van der Waals surface area contributed by atoms with Gasteiger partial charge >= 0.3 is 0 Å². The van der Waals surface area contributed by atoms with Crippen molar-refractivity contribution in [1.82, 2.24) is 4.98 Å². The van der Waals surface area contributed by atoms with Gasteiger partial charge in [0.25, 0.3) is 0 Å². The van der Waals surface area contributed by atoms with E-state index in [9.17, 15) is 9.18 Å². The average Bonchev–Trinajstić information content (AvgIpc) is 2.34. The van der Waals surface area contributed by atoms with Crippen LogP contribution in [0.2, 0.25) is 0 Å². The molecule has 0 aliphatic carbocycles. The SMILES string of the molecule is CC(C)(Nc1c(F)cc(N)c2cccnc12)C(N)=O. The van der Waals surface area contributed by atoms with Crippen LogP contribution in [0.15, 0.2) is 24.4 Å². The van der Waals surface area contributed by atoms with Crippen molar-refractivity contribution in [1.29, 1.82) is 0 Å². The molecule has 2 rings (SSSR count). The Morgan fingerprint density at radius 1 is 1.47 bits per heavy atom. The predicted octanol–water partition coefficient (Wildman–Crippen LogP) is 1.63. The number of nitrogens with one attached hydrogen (secondary N) is 1. The molecule has 0 saturated carbocycles. The first-order valence-electron chi connectivity index (χ1n) is 5.73. The van der Waals surface area contributed by atoms with E-state index in [-0.39, 0.29) is 5.69 Å². The number of nitrogens with zero attached hydrogens (tertiary/aromatic N) is 1. The molecule has 5 nitrogen and oxygen atoms in total. The minimum absolute atomic E-state index is 0.119. The topological polar surface area (TPSA) is 94.0 Å². The third kappa shape index (κ3) is 2.29. The summed E-state index contributed by atoms with van der Waals surface area (Å²) in [5, 5.41) is 3.41. The lowest BCUT2D eigenvalue weighted by Gasteiger charge is -2.24. The van der Waals surface area contributed by atoms with E-state index in [1.807, 2.05) is 0 Å². The minimum Gasteiger partial charge on any atom is -0.398 e. The van der Waals surface area contributed by atoms with Gasteiger partial charge in [-0.2, -0.15) is 0 Å². The number of hydrogen-bond donors (Lipinski definition) is 3. The summed E-state index contributed by atoms with van der Waals surface area (Å²) >= 11 is 0. The first kappa shape index (κ1) is 13.1. The second-order valence-electron chi connectivity index (χ2n) is 4.84. The zero-order valence-corrected chi connectivity index (χ0v) is 10.7. The van der Waals surface area contributed by atoms with Crippen molar-refractivity contribution in [3.63, 3.8) is 0 Å². The Balaban J connectivity index is 2.64. The Labute approximate surface area is 109 Å². The maximum absolute atomic E-state index is 14.0. The first-order chi connectivity index (χ1) is 8.83. The van der Waals surface area contributed by atoms with Crippen molar-refractivity contribution in [2.75, 3.05) is 11.1 Å². The molecule has 0 atom stereocenters. The lowest BCUT2D eigenvalue weighted by molar-refractivity contribution is -0.121. The maximum atomic E-state index is 14.0. The van der Waals surface area contributed by atoms with Gasteiger partial charge < -0.3 is 16.8 Å². The fourth-order valence-corrected chi connectivity index (χ4v) is 1.73. The highest BCUT2D eigenvalue weighted by Crippen LogP contribution is 2.31. The van der Waals surface area contributed by atoms with E-state index in [4.69, 9.17) is 11.5 Å². The molecule has 0 bridgehead atoms. The number of aromatic nitrogens is 1. The van der Waals surface area contributed by atoms with Crippen LogP contribution < -0.4 is 16.8 Å². The Bertz CT molecular complexity index is 654. The summed E-state index contributed by atoms with van der Waals surface area (Å²) in [6.07, 6.45) is 1.53. The van der Waals surface area contributed by atoms with Gasteiger partial charge in [-0.1, -0.05) is 0 Å². The second kappa shape index (κ2) is 4.38. The molecule has 6 heteroatoms. The van der Waals surface area contributed by atoms with Crippen LogP contribution in [-0.2, 0) is 4.79 Å². The lowest BCUT2D eigenvalue weighted by atomic mass is 10.0. The Morgan fingerprint density at radius 3 is 2.79 bits per heavy atom. The normalized spacial score (nSPS) is 11.5. The number of pyridine rings is 1. The van der Waals surface area contributed by atoms with E-state index in [1.54, 1.807) is 26.0 Å². The summed E-state index contributed by atoms with van der Waals surface area (Å²) in [6, 6.07) is 4.64. The van der Waals surface area contributed by atoms with E-state index in [1.165, 1.54) is 12.3 Å². The summed E-state index contributed by atoms with van der Waals surface area (Å²) in [6.45, 7) is 3.14. The van der Waals surface area contributed by atoms with Crippen LogP contribution in [0.25, 0.3) is 10.9 Å². The van der Waals surface area contributed by atoms with Crippen molar-refractivity contribution in [3.05, 3.63) is 30.2 Å². The summed E-state index contributed by atoms with van der Waals surface area (Å²) < 4.78 is 14.0. The zero-order valence-electron chi connectivity index (χ0n) is 10.7. The van der Waals surface area contributed by atoms with Crippen LogP contribution in [0.3, 0.4) is 0 Å². The zero-order chi connectivity index (χ0) is 14.2. The number of carbonyl (C=O) groups excluding carboxylic acids is 1. The first-order valence-corrected chi connectivity index (χ1v) is 5.73. The Morgan fingerprint density at radius 2 is 2.16 bits per heavy atom. The average molecular weight is 262 g/mol. The van der Waals surface area contributed by atoms with E-state index in [0.29, 0.717) is 16.6 Å². The van der Waals surface area contributed by atoms with E-state index in [0.717, 1.165) is 0 Å². The molecular formula is C13H15FN4O. The van der Waals surface area contributed by atoms with Gasteiger partial charge in [-0.3, -0.25) is 9.78 Å². The number of benzene rings is 1. The maximum Gasteiger partial charge on any atom is 0.242 e. The number of anilines is 2. The molecule has 19 heavy (non-hydrogen) atoms. The van der Waals surface area contributed by atoms with Crippen LogP contribution in [0.1, 0.15) is 13.8 Å². The molecule has 0 aliphatic rings. The van der Waals surface area contributed by atoms with Gasteiger partial charge in [0.1, 0.15) is 5.54 Å². The number of rotatable bonds is 3. The molecule has 0 saturated heterocycles. The number of nitrogen functional groups attached to an aromatic ring is 1. The van der Waals surface area contributed by atoms with Gasteiger partial charge in [0.15, 0.2) is 5.82 Å². The third-order valence-corrected chi connectivity index (χ3v) is 2.93. The highest BCUT2D eigenvalue weighted by Gasteiger charge is 2.27. The van der Waals surface area contributed by atoms with E-state index in [2.05, 4.69) is 10.3 Å². The number of primary amides is 1. The molecular weight excluding hydrogens is 247 g/mol. The number of carbonyl (C=O) groups is 1. The van der Waals surface area contributed by atoms with Gasteiger partial charge in [-0.25, -0.2) is 4.39 Å². The molecule has 0 spiro atoms. The van der Waals surface area contributed by atoms with Crippen LogP contribution >= 0.6 is 0 Å². The molecule has 0 aliphatic heterocycles. The monoisotopic (exact) mass is 262 g/mol. The van der Waals surface area contributed by atoms with Crippen LogP contribution in [0.5, 0.6) is 0 Å². The van der Waals surface area contributed by atoms with Gasteiger partial charge in [-0.15, -0.1) is 0 Å². The fourth-order valence-electron chi connectivity index (χ4n) is 1.73. The fraction of sp³-hybridized carbons (Fsp3) is 0.231. The van der Waals surface area contributed by atoms with E-state index >= 15 is 0 Å². The number of hydrogen-bond acceptors (Lipinski definition) is 4. The largest absolute Gasteiger partial charge is 0.398 e. The van der Waals surface area contributed by atoms with E-state index < -0.39 is 17.3 Å². The standard InChI is InChI=1S/C13H15FN4O/c1-13(2,12(16)19)18-11-8(14)6-9(15)7-4-3-5-17-10(7)11/h3-6,18H,15H2,1-2H3,(H2,16,19). The van der Waals surface area contributed by atoms with Gasteiger partial charge in [-0.05, 0) is 32.0 Å². The number of amides is 1. The van der Waals surface area contributed by atoms with Crippen molar-refractivity contribution in [2.45, 2.75) is 19.4 Å². The number of nitrogens with two attached hydrogens (primary N) is 2. The Kier molecular flexibility index (Phi) is 3.01. The Hall–Kier alpha value is -2.37. The minimum atomic E-state index is -1.10. The lowest BCUT2D eigenvalue weighted by Crippen LogP contribution is -2.45. The van der Waals surface area contributed by atoms with Gasteiger partial charge in [0.05, 0.1) is 11.2 Å². The molecule has 0 fully saturated rings. The summed E-state index contributed by atoms with van der Waals surface area (Å²) in [4.78, 5) is 15.4. The molecule has 100 valence electrons. The molecule has 5 N–H and O–H groups in total. The molecule has 0 unspecified atom stereocenters. The molecule has 2 aromatic rings. The summed E-state index contributed by atoms with van der Waals surface area (Å²) in [7, 11) is 0. The third-order valence-electron chi connectivity index (χ3n) is 2.93. The van der Waals surface area contributed by atoms with Crippen molar-refractivity contribution in [3.8, 4) is 0 Å². The highest BCUT2D eigenvalue weighted by molar-refractivity contribution is 6.00. The number of fused-ring (bicyclic) bond motifs is 1. The quantitative estimate of drug-likeness (QED) is 0.733. The van der Waals surface area contributed by atoms with Crippen molar-refractivity contribution < 1.29 is 9.18 Å². The van der Waals surface area contributed by atoms with Crippen molar-refractivity contribution in [2.24, 2.45) is 5.73 Å². The van der Waals surface area contributed by atoms with Gasteiger partial charge in [0, 0.05) is 17.3 Å². The summed E-state index contributed by atoms with van der Waals surface area (Å²) in [5.74, 6) is -1.16. The van der Waals surface area contributed by atoms with Crippen LogP contribution in [-0.4, -0.2) is 16.4 Å². The molecule has 1 aromatic heterocycles. The molecule has 1 aromatic carbocycles. The number of halogens is 1. The molecule has 1 heterocycles.